The number of hydrogen-bond donors (Lipinski definition) is 1. The number of rotatable bonds is 5. The van der Waals surface area contributed by atoms with Gasteiger partial charge in [0.2, 0.25) is 0 Å². The Morgan fingerprint density at radius 1 is 1.18 bits per heavy atom. The van der Waals surface area contributed by atoms with E-state index in [2.05, 4.69) is 15.9 Å². The molecule has 146 valence electrons. The number of anilines is 1. The van der Waals surface area contributed by atoms with E-state index in [9.17, 15) is 14.7 Å². The molecule has 0 aromatic heterocycles. The van der Waals surface area contributed by atoms with Crippen molar-refractivity contribution in [2.24, 2.45) is 0 Å². The van der Waals surface area contributed by atoms with Crippen molar-refractivity contribution >= 4 is 33.3 Å². The van der Waals surface area contributed by atoms with E-state index < -0.39 is 11.5 Å². The summed E-state index contributed by atoms with van der Waals surface area (Å²) in [5.41, 5.74) is -0.423. The van der Waals surface area contributed by atoms with Crippen LogP contribution in [0.2, 0.25) is 0 Å². The third-order valence-electron chi connectivity index (χ3n) is 5.02. The van der Waals surface area contributed by atoms with Gasteiger partial charge in [-0.25, -0.2) is 0 Å². The SMILES string of the molecule is CCCN1C(=O)[C@](O)(CC(=O)c2ccc3c(c2)OCCO3)c2cc(Br)ccc21. The maximum Gasteiger partial charge on any atom is 0.264 e. The summed E-state index contributed by atoms with van der Waals surface area (Å²) in [7, 11) is 0. The predicted molar refractivity (Wildman–Crippen MR) is 107 cm³/mol. The van der Waals surface area contributed by atoms with Crippen molar-refractivity contribution in [1.29, 1.82) is 0 Å². The molecule has 0 spiro atoms. The number of ketones is 1. The third-order valence-corrected chi connectivity index (χ3v) is 5.51. The molecule has 0 fully saturated rings. The van der Waals surface area contributed by atoms with Crippen LogP contribution < -0.4 is 14.4 Å². The van der Waals surface area contributed by atoms with Gasteiger partial charge in [0.1, 0.15) is 13.2 Å². The first-order valence-electron chi connectivity index (χ1n) is 9.21. The molecule has 0 saturated heterocycles. The van der Waals surface area contributed by atoms with Gasteiger partial charge in [-0.1, -0.05) is 22.9 Å². The van der Waals surface area contributed by atoms with Gasteiger partial charge in [0, 0.05) is 22.1 Å². The minimum absolute atomic E-state index is 0.336. The number of amides is 1. The second kappa shape index (κ2) is 7.22. The lowest BCUT2D eigenvalue weighted by atomic mass is 9.88. The maximum absolute atomic E-state index is 13.0. The molecular formula is C21H20BrNO5. The van der Waals surface area contributed by atoms with Crippen molar-refractivity contribution in [3.63, 3.8) is 0 Å². The molecule has 6 nitrogen and oxygen atoms in total. The van der Waals surface area contributed by atoms with Crippen molar-refractivity contribution in [3.05, 3.63) is 52.0 Å². The Morgan fingerprint density at radius 3 is 2.68 bits per heavy atom. The molecule has 0 radical (unpaired) electrons. The Bertz CT molecular complexity index is 960. The van der Waals surface area contributed by atoms with Gasteiger partial charge >= 0.3 is 0 Å². The highest BCUT2D eigenvalue weighted by Crippen LogP contribution is 2.44. The molecular weight excluding hydrogens is 426 g/mol. The minimum Gasteiger partial charge on any atom is -0.486 e. The number of carbonyl (C=O) groups excluding carboxylic acids is 2. The molecule has 2 aromatic carbocycles. The number of aliphatic hydroxyl groups is 1. The number of Topliss-reactive ketones (excluding diaryl/α,β-unsaturated/α-hetero) is 1. The molecule has 7 heteroatoms. The number of hydrogen-bond acceptors (Lipinski definition) is 5. The van der Waals surface area contributed by atoms with Crippen LogP contribution in [-0.4, -0.2) is 36.6 Å². The Labute approximate surface area is 171 Å². The molecule has 0 bridgehead atoms. The molecule has 1 N–H and O–H groups in total. The average Bonchev–Trinajstić information content (AvgIpc) is 2.89. The van der Waals surface area contributed by atoms with Gasteiger partial charge < -0.3 is 19.5 Å². The van der Waals surface area contributed by atoms with Gasteiger partial charge in [0.15, 0.2) is 22.9 Å². The molecule has 2 aliphatic rings. The van der Waals surface area contributed by atoms with Gasteiger partial charge in [0.05, 0.1) is 12.1 Å². The van der Waals surface area contributed by atoms with Gasteiger partial charge in [-0.05, 0) is 42.8 Å². The molecule has 4 rings (SSSR count). The lowest BCUT2D eigenvalue weighted by molar-refractivity contribution is -0.135. The quantitative estimate of drug-likeness (QED) is 0.713. The second-order valence-electron chi connectivity index (χ2n) is 6.94. The van der Waals surface area contributed by atoms with Crippen molar-refractivity contribution in [2.75, 3.05) is 24.7 Å². The molecule has 1 atom stereocenters. The van der Waals surface area contributed by atoms with Crippen LogP contribution in [0.1, 0.15) is 35.7 Å². The third kappa shape index (κ3) is 3.08. The molecule has 28 heavy (non-hydrogen) atoms. The molecule has 2 aliphatic heterocycles. The monoisotopic (exact) mass is 445 g/mol. The molecule has 0 aliphatic carbocycles. The number of ether oxygens (including phenoxy) is 2. The van der Waals surface area contributed by atoms with Crippen molar-refractivity contribution < 1.29 is 24.2 Å². The van der Waals surface area contributed by atoms with Crippen LogP contribution in [0.3, 0.4) is 0 Å². The zero-order valence-corrected chi connectivity index (χ0v) is 17.0. The van der Waals surface area contributed by atoms with E-state index >= 15 is 0 Å². The van der Waals surface area contributed by atoms with Gasteiger partial charge in [-0.15, -0.1) is 0 Å². The standard InChI is InChI=1S/C21H20BrNO5/c1-2-7-23-16-5-4-14(22)11-15(16)21(26,20(23)25)12-17(24)13-3-6-18-19(10-13)28-9-8-27-18/h3-6,10-11,26H,2,7-9,12H2,1H3/t21-/m0/s1. The van der Waals surface area contributed by atoms with Crippen LogP contribution in [0, 0.1) is 0 Å². The highest BCUT2D eigenvalue weighted by atomic mass is 79.9. The smallest absolute Gasteiger partial charge is 0.264 e. The fraction of sp³-hybridized carbons (Fsp3) is 0.333. The topological polar surface area (TPSA) is 76.1 Å². The number of carbonyl (C=O) groups is 2. The lowest BCUT2D eigenvalue weighted by Gasteiger charge is -2.23. The van der Waals surface area contributed by atoms with Crippen LogP contribution in [0.25, 0.3) is 0 Å². The Kier molecular flexibility index (Phi) is 4.89. The summed E-state index contributed by atoms with van der Waals surface area (Å²) < 4.78 is 11.7. The number of fused-ring (bicyclic) bond motifs is 2. The van der Waals surface area contributed by atoms with Crippen LogP contribution in [0.4, 0.5) is 5.69 Å². The first-order chi connectivity index (χ1) is 13.4. The summed E-state index contributed by atoms with van der Waals surface area (Å²) >= 11 is 3.39. The maximum atomic E-state index is 13.0. The normalized spacial score (nSPS) is 20.2. The summed E-state index contributed by atoms with van der Waals surface area (Å²) in [5.74, 6) is 0.282. The zero-order valence-electron chi connectivity index (χ0n) is 15.4. The highest BCUT2D eigenvalue weighted by Gasteiger charge is 2.50. The molecule has 1 amide bonds. The summed E-state index contributed by atoms with van der Waals surface area (Å²) in [6, 6.07) is 10.2. The molecule has 0 saturated carbocycles. The minimum atomic E-state index is -1.89. The summed E-state index contributed by atoms with van der Waals surface area (Å²) in [6.45, 7) is 3.32. The van der Waals surface area contributed by atoms with E-state index in [1.807, 2.05) is 13.0 Å². The van der Waals surface area contributed by atoms with E-state index in [0.29, 0.717) is 48.1 Å². The van der Waals surface area contributed by atoms with Crippen LogP contribution in [-0.2, 0) is 10.4 Å². The van der Waals surface area contributed by atoms with E-state index in [-0.39, 0.29) is 12.2 Å². The lowest BCUT2D eigenvalue weighted by Crippen LogP contribution is -2.42. The van der Waals surface area contributed by atoms with E-state index in [1.54, 1.807) is 35.2 Å². The summed E-state index contributed by atoms with van der Waals surface area (Å²) in [4.78, 5) is 27.6. The largest absolute Gasteiger partial charge is 0.486 e. The van der Waals surface area contributed by atoms with Gasteiger partial charge in [0.25, 0.3) is 5.91 Å². The molecule has 0 unspecified atom stereocenters. The highest BCUT2D eigenvalue weighted by molar-refractivity contribution is 9.10. The summed E-state index contributed by atoms with van der Waals surface area (Å²) in [5, 5.41) is 11.3. The van der Waals surface area contributed by atoms with Crippen molar-refractivity contribution in [2.45, 2.75) is 25.4 Å². The Morgan fingerprint density at radius 2 is 1.93 bits per heavy atom. The van der Waals surface area contributed by atoms with Crippen LogP contribution in [0.5, 0.6) is 11.5 Å². The second-order valence-corrected chi connectivity index (χ2v) is 7.85. The van der Waals surface area contributed by atoms with Gasteiger partial charge in [-0.2, -0.15) is 0 Å². The Balaban J connectivity index is 1.67. The van der Waals surface area contributed by atoms with Crippen LogP contribution >= 0.6 is 15.9 Å². The first-order valence-corrected chi connectivity index (χ1v) is 10.0. The van der Waals surface area contributed by atoms with E-state index in [1.165, 1.54) is 0 Å². The molecule has 2 aromatic rings. The number of halogens is 1. The predicted octanol–water partition coefficient (Wildman–Crippen LogP) is 3.44. The van der Waals surface area contributed by atoms with Crippen LogP contribution in [0.15, 0.2) is 40.9 Å². The average molecular weight is 446 g/mol. The van der Waals surface area contributed by atoms with E-state index in [4.69, 9.17) is 9.47 Å². The zero-order chi connectivity index (χ0) is 19.9. The Hall–Kier alpha value is -2.38. The van der Waals surface area contributed by atoms with Gasteiger partial charge in [-0.3, -0.25) is 9.59 Å². The summed E-state index contributed by atoms with van der Waals surface area (Å²) in [6.07, 6.45) is 0.405. The number of benzene rings is 2. The first kappa shape index (κ1) is 19.0. The number of nitrogens with zero attached hydrogens (tertiary/aromatic N) is 1. The fourth-order valence-electron chi connectivity index (χ4n) is 3.69. The fourth-order valence-corrected chi connectivity index (χ4v) is 4.05. The van der Waals surface area contributed by atoms with Crippen molar-refractivity contribution in [1.82, 2.24) is 0 Å². The molecule has 2 heterocycles. The van der Waals surface area contributed by atoms with Crippen molar-refractivity contribution in [3.8, 4) is 11.5 Å². The van der Waals surface area contributed by atoms with E-state index in [0.717, 1.165) is 10.9 Å².